The first kappa shape index (κ1) is 12.6. The molecule has 0 unspecified atom stereocenters. The van der Waals surface area contributed by atoms with Crippen LogP contribution in [0.1, 0.15) is 0 Å². The molecule has 6 heteroatoms. The summed E-state index contributed by atoms with van der Waals surface area (Å²) in [7, 11) is 0. The molecular formula is C12H8ClF3N2. The highest BCUT2D eigenvalue weighted by molar-refractivity contribution is 6.31. The largest absolute Gasteiger partial charge is 0.397 e. The molecule has 2 aromatic carbocycles. The van der Waals surface area contributed by atoms with E-state index in [0.717, 1.165) is 6.07 Å². The van der Waals surface area contributed by atoms with Crippen LogP contribution in [0.3, 0.4) is 0 Å². The van der Waals surface area contributed by atoms with E-state index in [1.165, 1.54) is 24.3 Å². The normalized spacial score (nSPS) is 10.4. The average molecular weight is 273 g/mol. The second-order valence-corrected chi connectivity index (χ2v) is 3.96. The van der Waals surface area contributed by atoms with Crippen molar-refractivity contribution in [2.24, 2.45) is 0 Å². The molecule has 0 saturated heterocycles. The number of benzene rings is 2. The molecule has 0 heterocycles. The molecule has 0 atom stereocenters. The minimum absolute atomic E-state index is 0.0340. The molecule has 0 aliphatic rings. The van der Waals surface area contributed by atoms with Gasteiger partial charge in [-0.3, -0.25) is 0 Å². The molecule has 0 radical (unpaired) electrons. The summed E-state index contributed by atoms with van der Waals surface area (Å²) in [6, 6.07) is 6.23. The second kappa shape index (κ2) is 4.78. The lowest BCUT2D eigenvalue weighted by atomic mass is 10.2. The molecule has 2 nitrogen and oxygen atoms in total. The zero-order valence-corrected chi connectivity index (χ0v) is 9.73. The third-order valence-electron chi connectivity index (χ3n) is 2.34. The van der Waals surface area contributed by atoms with Gasteiger partial charge in [0.2, 0.25) is 0 Å². The Morgan fingerprint density at radius 3 is 2.44 bits per heavy atom. The van der Waals surface area contributed by atoms with Gasteiger partial charge in [0, 0.05) is 0 Å². The van der Waals surface area contributed by atoms with Gasteiger partial charge < -0.3 is 11.1 Å². The zero-order chi connectivity index (χ0) is 13.3. The van der Waals surface area contributed by atoms with Crippen molar-refractivity contribution in [1.29, 1.82) is 0 Å². The predicted molar refractivity (Wildman–Crippen MR) is 65.5 cm³/mol. The quantitative estimate of drug-likeness (QED) is 0.808. The Labute approximate surface area is 106 Å². The van der Waals surface area contributed by atoms with Gasteiger partial charge in [0.15, 0.2) is 17.5 Å². The van der Waals surface area contributed by atoms with E-state index in [9.17, 15) is 13.2 Å². The highest BCUT2D eigenvalue weighted by Crippen LogP contribution is 2.31. The smallest absolute Gasteiger partial charge is 0.184 e. The van der Waals surface area contributed by atoms with Gasteiger partial charge in [-0.2, -0.15) is 0 Å². The lowest BCUT2D eigenvalue weighted by molar-refractivity contribution is 0.512. The van der Waals surface area contributed by atoms with E-state index < -0.39 is 17.5 Å². The standard InChI is InChI=1S/C12H8ClF3N2/c13-6-2-1-3-9(10(6)15)18-12-8(17)5-4-7(14)11(12)16/h1-5,18H,17H2. The fourth-order valence-electron chi connectivity index (χ4n) is 1.43. The summed E-state index contributed by atoms with van der Waals surface area (Å²) < 4.78 is 40.2. The molecule has 2 aromatic rings. The van der Waals surface area contributed by atoms with Gasteiger partial charge in [-0.05, 0) is 24.3 Å². The lowest BCUT2D eigenvalue weighted by Gasteiger charge is -2.12. The van der Waals surface area contributed by atoms with Gasteiger partial charge in [0.05, 0.1) is 16.4 Å². The summed E-state index contributed by atoms with van der Waals surface area (Å²) in [5.74, 6) is -3.01. The number of anilines is 3. The van der Waals surface area contributed by atoms with Crippen molar-refractivity contribution < 1.29 is 13.2 Å². The van der Waals surface area contributed by atoms with E-state index in [2.05, 4.69) is 5.32 Å². The van der Waals surface area contributed by atoms with E-state index in [1.54, 1.807) is 0 Å². The first-order valence-electron chi connectivity index (χ1n) is 4.95. The fraction of sp³-hybridized carbons (Fsp3) is 0. The maximum atomic E-state index is 13.6. The maximum Gasteiger partial charge on any atom is 0.184 e. The molecule has 0 aliphatic carbocycles. The third kappa shape index (κ3) is 2.22. The van der Waals surface area contributed by atoms with E-state index in [-0.39, 0.29) is 22.1 Å². The van der Waals surface area contributed by atoms with Crippen LogP contribution in [-0.4, -0.2) is 0 Å². The Morgan fingerprint density at radius 2 is 1.72 bits per heavy atom. The zero-order valence-electron chi connectivity index (χ0n) is 8.98. The molecule has 18 heavy (non-hydrogen) atoms. The molecular weight excluding hydrogens is 265 g/mol. The van der Waals surface area contributed by atoms with Gasteiger partial charge in [0.25, 0.3) is 0 Å². The first-order valence-corrected chi connectivity index (χ1v) is 5.33. The Morgan fingerprint density at radius 1 is 1.00 bits per heavy atom. The summed E-state index contributed by atoms with van der Waals surface area (Å²) >= 11 is 5.58. The Kier molecular flexibility index (Phi) is 3.34. The number of rotatable bonds is 2. The molecule has 0 aliphatic heterocycles. The Balaban J connectivity index is 2.46. The van der Waals surface area contributed by atoms with E-state index in [0.29, 0.717) is 0 Å². The van der Waals surface area contributed by atoms with Crippen LogP contribution in [0.4, 0.5) is 30.2 Å². The number of nitrogens with two attached hydrogens (primary N) is 1. The van der Waals surface area contributed by atoms with Crippen LogP contribution in [0.15, 0.2) is 30.3 Å². The number of nitrogen functional groups attached to an aromatic ring is 1. The number of hydrogen-bond acceptors (Lipinski definition) is 2. The van der Waals surface area contributed by atoms with Crippen LogP contribution in [0.5, 0.6) is 0 Å². The molecule has 0 bridgehead atoms. The highest BCUT2D eigenvalue weighted by Gasteiger charge is 2.14. The molecule has 2 rings (SSSR count). The van der Waals surface area contributed by atoms with E-state index in [4.69, 9.17) is 17.3 Å². The number of hydrogen-bond donors (Lipinski definition) is 2. The average Bonchev–Trinajstić information content (AvgIpc) is 2.35. The Bertz CT molecular complexity index is 602. The second-order valence-electron chi connectivity index (χ2n) is 3.55. The van der Waals surface area contributed by atoms with Crippen LogP contribution >= 0.6 is 11.6 Å². The Hall–Kier alpha value is -1.88. The van der Waals surface area contributed by atoms with Crippen molar-refractivity contribution in [2.75, 3.05) is 11.1 Å². The van der Waals surface area contributed by atoms with Gasteiger partial charge in [-0.25, -0.2) is 13.2 Å². The molecule has 0 saturated carbocycles. The van der Waals surface area contributed by atoms with Crippen molar-refractivity contribution in [3.05, 3.63) is 52.8 Å². The first-order chi connectivity index (χ1) is 8.50. The minimum Gasteiger partial charge on any atom is -0.397 e. The lowest BCUT2D eigenvalue weighted by Crippen LogP contribution is -2.03. The van der Waals surface area contributed by atoms with Crippen molar-refractivity contribution in [3.8, 4) is 0 Å². The highest BCUT2D eigenvalue weighted by atomic mass is 35.5. The molecule has 0 fully saturated rings. The fourth-order valence-corrected chi connectivity index (χ4v) is 1.60. The predicted octanol–water partition coefficient (Wildman–Crippen LogP) is 4.08. The van der Waals surface area contributed by atoms with Crippen LogP contribution in [-0.2, 0) is 0 Å². The summed E-state index contributed by atoms with van der Waals surface area (Å²) in [6.07, 6.45) is 0. The third-order valence-corrected chi connectivity index (χ3v) is 2.63. The van der Waals surface area contributed by atoms with Gasteiger partial charge >= 0.3 is 0 Å². The van der Waals surface area contributed by atoms with Crippen LogP contribution in [0, 0.1) is 17.5 Å². The molecule has 94 valence electrons. The van der Waals surface area contributed by atoms with Crippen LogP contribution in [0.2, 0.25) is 5.02 Å². The number of nitrogens with one attached hydrogen (secondary N) is 1. The van der Waals surface area contributed by atoms with Crippen molar-refractivity contribution in [2.45, 2.75) is 0 Å². The van der Waals surface area contributed by atoms with Crippen molar-refractivity contribution >= 4 is 28.7 Å². The molecule has 3 N–H and O–H groups in total. The SMILES string of the molecule is Nc1ccc(F)c(F)c1Nc1cccc(Cl)c1F. The van der Waals surface area contributed by atoms with E-state index in [1.807, 2.05) is 0 Å². The molecule has 0 spiro atoms. The summed E-state index contributed by atoms with van der Waals surface area (Å²) in [5, 5.41) is 2.26. The van der Waals surface area contributed by atoms with Crippen molar-refractivity contribution in [3.63, 3.8) is 0 Å². The van der Waals surface area contributed by atoms with Crippen LogP contribution < -0.4 is 11.1 Å². The topological polar surface area (TPSA) is 38.0 Å². The summed E-state index contributed by atoms with van der Waals surface area (Å²) in [6.45, 7) is 0. The van der Waals surface area contributed by atoms with Gasteiger partial charge in [-0.15, -0.1) is 0 Å². The van der Waals surface area contributed by atoms with E-state index >= 15 is 0 Å². The minimum atomic E-state index is -1.17. The number of halogens is 4. The maximum absolute atomic E-state index is 13.6. The summed E-state index contributed by atoms with van der Waals surface area (Å²) in [5.41, 5.74) is 5.06. The van der Waals surface area contributed by atoms with Crippen LogP contribution in [0.25, 0.3) is 0 Å². The molecule has 0 aromatic heterocycles. The van der Waals surface area contributed by atoms with Crippen molar-refractivity contribution in [1.82, 2.24) is 0 Å². The summed E-state index contributed by atoms with van der Waals surface area (Å²) in [4.78, 5) is 0. The van der Waals surface area contributed by atoms with Gasteiger partial charge in [0.1, 0.15) is 5.69 Å². The molecule has 0 amide bonds. The monoisotopic (exact) mass is 272 g/mol. The van der Waals surface area contributed by atoms with Gasteiger partial charge in [-0.1, -0.05) is 17.7 Å².